The van der Waals surface area contributed by atoms with Gasteiger partial charge in [0.25, 0.3) is 5.91 Å². The zero-order chi connectivity index (χ0) is 19.4. The molecule has 0 atom stereocenters. The summed E-state index contributed by atoms with van der Waals surface area (Å²) in [5.74, 6) is 1.27. The van der Waals surface area contributed by atoms with Crippen molar-refractivity contribution in [3.8, 4) is 11.5 Å². The van der Waals surface area contributed by atoms with Crippen LogP contribution in [0.15, 0.2) is 36.4 Å². The molecule has 144 valence electrons. The molecular formula is C21H25IN2O3. The zero-order valence-electron chi connectivity index (χ0n) is 16.0. The van der Waals surface area contributed by atoms with E-state index >= 15 is 0 Å². The van der Waals surface area contributed by atoms with Crippen LogP contribution in [0, 0.1) is 10.5 Å². The lowest BCUT2D eigenvalue weighted by atomic mass is 10.1. The predicted molar refractivity (Wildman–Crippen MR) is 115 cm³/mol. The number of methoxy groups -OCH3 is 2. The fraction of sp³-hybridized carbons (Fsp3) is 0.381. The standard InChI is InChI=1S/C21H25IN2O3/c1-15-6-4-5-7-16(15)14-23-8-10-24(11-9-23)21(25)17-12-19(26-2)20(27-3)13-18(17)22/h4-7,12-13H,8-11,14H2,1-3H3. The van der Waals surface area contributed by atoms with Crippen molar-refractivity contribution in [2.24, 2.45) is 0 Å². The summed E-state index contributed by atoms with van der Waals surface area (Å²) in [7, 11) is 3.19. The van der Waals surface area contributed by atoms with Gasteiger partial charge in [-0.05, 0) is 52.8 Å². The van der Waals surface area contributed by atoms with Gasteiger partial charge in [0.1, 0.15) is 0 Å². The first kappa shape index (κ1) is 19.9. The van der Waals surface area contributed by atoms with Crippen LogP contribution in [-0.2, 0) is 6.54 Å². The average Bonchev–Trinajstić information content (AvgIpc) is 2.69. The van der Waals surface area contributed by atoms with Gasteiger partial charge in [0.2, 0.25) is 0 Å². The smallest absolute Gasteiger partial charge is 0.255 e. The molecule has 1 saturated heterocycles. The minimum atomic E-state index is 0.0518. The van der Waals surface area contributed by atoms with Crippen molar-refractivity contribution in [1.29, 1.82) is 0 Å². The number of ether oxygens (including phenoxy) is 2. The van der Waals surface area contributed by atoms with Gasteiger partial charge >= 0.3 is 0 Å². The van der Waals surface area contributed by atoms with Crippen molar-refractivity contribution in [2.45, 2.75) is 13.5 Å². The Labute approximate surface area is 174 Å². The van der Waals surface area contributed by atoms with Crippen molar-refractivity contribution in [3.05, 3.63) is 56.7 Å². The second kappa shape index (κ2) is 8.93. The number of hydrogen-bond acceptors (Lipinski definition) is 4. The lowest BCUT2D eigenvalue weighted by Crippen LogP contribution is -2.48. The molecule has 6 heteroatoms. The van der Waals surface area contributed by atoms with Crippen molar-refractivity contribution >= 4 is 28.5 Å². The maximum absolute atomic E-state index is 13.0. The predicted octanol–water partition coefficient (Wildman–Crippen LogP) is 3.57. The van der Waals surface area contributed by atoms with E-state index in [4.69, 9.17) is 9.47 Å². The first-order chi connectivity index (χ1) is 13.0. The second-order valence-electron chi connectivity index (χ2n) is 6.68. The van der Waals surface area contributed by atoms with E-state index in [1.54, 1.807) is 20.3 Å². The first-order valence-electron chi connectivity index (χ1n) is 9.01. The quantitative estimate of drug-likeness (QED) is 0.614. The molecule has 0 aromatic heterocycles. The Morgan fingerprint density at radius 1 is 1.04 bits per heavy atom. The summed E-state index contributed by atoms with van der Waals surface area (Å²) in [6, 6.07) is 12.1. The molecule has 1 aliphatic rings. The molecule has 1 fully saturated rings. The van der Waals surface area contributed by atoms with Crippen LogP contribution in [0.25, 0.3) is 0 Å². The lowest BCUT2D eigenvalue weighted by molar-refractivity contribution is 0.0626. The number of piperazine rings is 1. The molecule has 3 rings (SSSR count). The summed E-state index contributed by atoms with van der Waals surface area (Å²) in [4.78, 5) is 17.4. The molecule has 27 heavy (non-hydrogen) atoms. The number of carbonyl (C=O) groups is 1. The summed E-state index contributed by atoms with van der Waals surface area (Å²) in [6.07, 6.45) is 0. The molecule has 0 saturated carbocycles. The molecule has 1 amide bonds. The van der Waals surface area contributed by atoms with Crippen molar-refractivity contribution in [3.63, 3.8) is 0 Å². The summed E-state index contributed by atoms with van der Waals surface area (Å²) in [5, 5.41) is 0. The maximum atomic E-state index is 13.0. The van der Waals surface area contributed by atoms with Crippen molar-refractivity contribution < 1.29 is 14.3 Å². The second-order valence-corrected chi connectivity index (χ2v) is 7.84. The van der Waals surface area contributed by atoms with Gasteiger partial charge in [0.15, 0.2) is 11.5 Å². The van der Waals surface area contributed by atoms with Gasteiger partial charge in [0.05, 0.1) is 19.8 Å². The Balaban J connectivity index is 1.66. The van der Waals surface area contributed by atoms with E-state index in [2.05, 4.69) is 58.7 Å². The Hall–Kier alpha value is -1.80. The Morgan fingerprint density at radius 2 is 1.67 bits per heavy atom. The molecule has 1 heterocycles. The van der Waals surface area contributed by atoms with E-state index in [-0.39, 0.29) is 5.91 Å². The van der Waals surface area contributed by atoms with Crippen LogP contribution in [0.1, 0.15) is 21.5 Å². The number of carbonyl (C=O) groups excluding carboxylic acids is 1. The molecule has 5 nitrogen and oxygen atoms in total. The van der Waals surface area contributed by atoms with Gasteiger partial charge in [-0.15, -0.1) is 0 Å². The molecule has 0 spiro atoms. The van der Waals surface area contributed by atoms with Crippen LogP contribution in [-0.4, -0.2) is 56.1 Å². The molecule has 0 radical (unpaired) electrons. The molecule has 1 aliphatic heterocycles. The molecular weight excluding hydrogens is 455 g/mol. The van der Waals surface area contributed by atoms with E-state index in [1.807, 2.05) is 11.0 Å². The largest absolute Gasteiger partial charge is 0.493 e. The van der Waals surface area contributed by atoms with Gasteiger partial charge < -0.3 is 14.4 Å². The summed E-state index contributed by atoms with van der Waals surface area (Å²) < 4.78 is 11.5. The Bertz CT molecular complexity index is 817. The van der Waals surface area contributed by atoms with Crippen molar-refractivity contribution in [2.75, 3.05) is 40.4 Å². The third kappa shape index (κ3) is 4.55. The van der Waals surface area contributed by atoms with Gasteiger partial charge in [-0.2, -0.15) is 0 Å². The normalized spacial score (nSPS) is 14.9. The van der Waals surface area contributed by atoms with Crippen LogP contribution in [0.5, 0.6) is 11.5 Å². The Morgan fingerprint density at radius 3 is 2.30 bits per heavy atom. The van der Waals surface area contributed by atoms with Crippen LogP contribution < -0.4 is 9.47 Å². The van der Waals surface area contributed by atoms with E-state index in [1.165, 1.54) is 11.1 Å². The molecule has 0 unspecified atom stereocenters. The minimum absolute atomic E-state index is 0.0518. The third-order valence-electron chi connectivity index (χ3n) is 5.02. The van der Waals surface area contributed by atoms with Crippen LogP contribution in [0.2, 0.25) is 0 Å². The van der Waals surface area contributed by atoms with E-state index in [0.717, 1.165) is 36.3 Å². The highest BCUT2D eigenvalue weighted by Gasteiger charge is 2.25. The summed E-state index contributed by atoms with van der Waals surface area (Å²) in [6.45, 7) is 6.30. The topological polar surface area (TPSA) is 42.0 Å². The lowest BCUT2D eigenvalue weighted by Gasteiger charge is -2.35. The van der Waals surface area contributed by atoms with Crippen LogP contribution >= 0.6 is 22.6 Å². The maximum Gasteiger partial charge on any atom is 0.255 e. The van der Waals surface area contributed by atoms with Gasteiger partial charge in [-0.3, -0.25) is 9.69 Å². The highest BCUT2D eigenvalue weighted by Crippen LogP contribution is 2.32. The number of halogens is 1. The monoisotopic (exact) mass is 480 g/mol. The van der Waals surface area contributed by atoms with Crippen LogP contribution in [0.4, 0.5) is 0 Å². The molecule has 0 aliphatic carbocycles. The summed E-state index contributed by atoms with van der Waals surface area (Å²) >= 11 is 2.18. The fourth-order valence-electron chi connectivity index (χ4n) is 3.33. The summed E-state index contributed by atoms with van der Waals surface area (Å²) in [5.41, 5.74) is 3.34. The molecule has 2 aromatic rings. The van der Waals surface area contributed by atoms with E-state index in [9.17, 15) is 4.79 Å². The van der Waals surface area contributed by atoms with E-state index in [0.29, 0.717) is 17.1 Å². The number of benzene rings is 2. The van der Waals surface area contributed by atoms with Crippen molar-refractivity contribution in [1.82, 2.24) is 9.80 Å². The SMILES string of the molecule is COc1cc(I)c(C(=O)N2CCN(Cc3ccccc3C)CC2)cc1OC. The first-order valence-corrected chi connectivity index (χ1v) is 10.1. The van der Waals surface area contributed by atoms with E-state index < -0.39 is 0 Å². The minimum Gasteiger partial charge on any atom is -0.493 e. The van der Waals surface area contributed by atoms with Gasteiger partial charge in [-0.1, -0.05) is 24.3 Å². The average molecular weight is 480 g/mol. The number of hydrogen-bond donors (Lipinski definition) is 0. The van der Waals surface area contributed by atoms with Crippen LogP contribution in [0.3, 0.4) is 0 Å². The Kier molecular flexibility index (Phi) is 6.59. The number of nitrogens with zero attached hydrogens (tertiary/aromatic N) is 2. The molecule has 0 bridgehead atoms. The van der Waals surface area contributed by atoms with Gasteiger partial charge in [-0.25, -0.2) is 0 Å². The van der Waals surface area contributed by atoms with Gasteiger partial charge in [0, 0.05) is 36.3 Å². The third-order valence-corrected chi connectivity index (χ3v) is 5.91. The number of aryl methyl sites for hydroxylation is 1. The molecule has 2 aromatic carbocycles. The number of amides is 1. The fourth-order valence-corrected chi connectivity index (χ4v) is 4.00. The zero-order valence-corrected chi connectivity index (χ0v) is 18.2. The number of rotatable bonds is 5. The highest BCUT2D eigenvalue weighted by molar-refractivity contribution is 14.1. The highest BCUT2D eigenvalue weighted by atomic mass is 127. The molecule has 0 N–H and O–H groups in total.